The van der Waals surface area contributed by atoms with Gasteiger partial charge in [0.2, 0.25) is 3.79 Å². The molecular weight excluding hydrogens is 605 g/mol. The summed E-state index contributed by atoms with van der Waals surface area (Å²) in [5, 5.41) is 2.78. The summed E-state index contributed by atoms with van der Waals surface area (Å²) in [6.07, 6.45) is -3.76. The van der Waals surface area contributed by atoms with Crippen molar-refractivity contribution >= 4 is 40.9 Å². The SMILES string of the molecule is CO[C@H]1O[C@H](COCc2ccccc2)[C@@H](OCc2ccccc2)[C@H](OCc2ccccc2)[C@H]1NC(=O)OCC(Cl)(Cl)Cl. The van der Waals surface area contributed by atoms with E-state index in [2.05, 4.69) is 5.32 Å². The first-order valence-electron chi connectivity index (χ1n) is 13.4. The van der Waals surface area contributed by atoms with E-state index in [-0.39, 0.29) is 19.8 Å². The van der Waals surface area contributed by atoms with Gasteiger partial charge in [0.15, 0.2) is 6.29 Å². The van der Waals surface area contributed by atoms with Crippen molar-refractivity contribution in [3.63, 3.8) is 0 Å². The van der Waals surface area contributed by atoms with Crippen molar-refractivity contribution in [2.75, 3.05) is 20.3 Å². The first-order chi connectivity index (χ1) is 20.3. The van der Waals surface area contributed by atoms with E-state index >= 15 is 0 Å². The molecule has 1 N–H and O–H groups in total. The lowest BCUT2D eigenvalue weighted by Gasteiger charge is -2.45. The predicted octanol–water partition coefficient (Wildman–Crippen LogP) is 6.21. The summed E-state index contributed by atoms with van der Waals surface area (Å²) in [6, 6.07) is 28.4. The molecule has 226 valence electrons. The Hall–Kier alpha value is -2.40. The number of carbonyl (C=O) groups excluding carboxylic acids is 1. The van der Waals surface area contributed by atoms with Gasteiger partial charge in [-0.2, -0.15) is 0 Å². The van der Waals surface area contributed by atoms with E-state index in [9.17, 15) is 4.79 Å². The van der Waals surface area contributed by atoms with Crippen LogP contribution in [0.15, 0.2) is 91.0 Å². The van der Waals surface area contributed by atoms with E-state index in [0.717, 1.165) is 16.7 Å². The van der Waals surface area contributed by atoms with E-state index in [1.54, 1.807) is 0 Å². The van der Waals surface area contributed by atoms with Crippen LogP contribution in [0.4, 0.5) is 4.79 Å². The van der Waals surface area contributed by atoms with Crippen LogP contribution in [0, 0.1) is 0 Å². The van der Waals surface area contributed by atoms with Crippen LogP contribution in [-0.4, -0.2) is 60.9 Å². The number of rotatable bonds is 13. The molecule has 0 unspecified atom stereocenters. The average molecular weight is 639 g/mol. The Labute approximate surface area is 261 Å². The molecule has 0 aliphatic carbocycles. The van der Waals surface area contributed by atoms with Crippen LogP contribution in [0.1, 0.15) is 16.7 Å². The third-order valence-electron chi connectivity index (χ3n) is 6.49. The molecular formula is C31H34Cl3NO7. The average Bonchev–Trinajstić information content (AvgIpc) is 3.00. The number of carbonyl (C=O) groups is 1. The highest BCUT2D eigenvalue weighted by molar-refractivity contribution is 6.67. The highest BCUT2D eigenvalue weighted by Crippen LogP contribution is 2.30. The van der Waals surface area contributed by atoms with Crippen LogP contribution in [0.3, 0.4) is 0 Å². The minimum absolute atomic E-state index is 0.184. The molecule has 8 nitrogen and oxygen atoms in total. The number of benzene rings is 3. The number of amides is 1. The fourth-order valence-corrected chi connectivity index (χ4v) is 4.68. The van der Waals surface area contributed by atoms with Crippen molar-refractivity contribution < 1.29 is 33.2 Å². The van der Waals surface area contributed by atoms with Crippen molar-refractivity contribution in [1.29, 1.82) is 0 Å². The first-order valence-corrected chi connectivity index (χ1v) is 14.6. The van der Waals surface area contributed by atoms with Crippen molar-refractivity contribution in [2.45, 2.75) is 54.3 Å². The molecule has 11 heteroatoms. The Kier molecular flexibility index (Phi) is 12.7. The Balaban J connectivity index is 1.58. The second-order valence-electron chi connectivity index (χ2n) is 9.66. The van der Waals surface area contributed by atoms with E-state index in [1.165, 1.54) is 7.11 Å². The molecule has 4 rings (SSSR count). The summed E-state index contributed by atoms with van der Waals surface area (Å²) in [4.78, 5) is 12.8. The van der Waals surface area contributed by atoms with Gasteiger partial charge in [0.25, 0.3) is 0 Å². The summed E-state index contributed by atoms with van der Waals surface area (Å²) in [7, 11) is 1.48. The van der Waals surface area contributed by atoms with E-state index < -0.39 is 47.1 Å². The zero-order valence-corrected chi connectivity index (χ0v) is 25.3. The fraction of sp³-hybridized carbons (Fsp3) is 0.387. The summed E-state index contributed by atoms with van der Waals surface area (Å²) >= 11 is 17.3. The van der Waals surface area contributed by atoms with Gasteiger partial charge in [0, 0.05) is 7.11 Å². The van der Waals surface area contributed by atoms with Gasteiger partial charge in [-0.25, -0.2) is 4.79 Å². The largest absolute Gasteiger partial charge is 0.445 e. The van der Waals surface area contributed by atoms with Crippen LogP contribution < -0.4 is 5.32 Å². The minimum atomic E-state index is -1.77. The molecule has 0 radical (unpaired) electrons. The molecule has 1 aliphatic heterocycles. The Morgan fingerprint density at radius 1 is 0.786 bits per heavy atom. The fourth-order valence-electron chi connectivity index (χ4n) is 4.52. The second kappa shape index (κ2) is 16.4. The van der Waals surface area contributed by atoms with E-state index in [4.69, 9.17) is 63.2 Å². The van der Waals surface area contributed by atoms with Crippen LogP contribution in [0.25, 0.3) is 0 Å². The smallest absolute Gasteiger partial charge is 0.407 e. The molecule has 1 fully saturated rings. The number of halogens is 3. The number of hydrogen-bond acceptors (Lipinski definition) is 7. The second-order valence-corrected chi connectivity index (χ2v) is 12.2. The van der Waals surface area contributed by atoms with Crippen LogP contribution >= 0.6 is 34.8 Å². The third-order valence-corrected chi connectivity index (χ3v) is 6.82. The van der Waals surface area contributed by atoms with Crippen molar-refractivity contribution in [3.8, 4) is 0 Å². The summed E-state index contributed by atoms with van der Waals surface area (Å²) in [6.45, 7) is 0.631. The van der Waals surface area contributed by atoms with Crippen molar-refractivity contribution in [3.05, 3.63) is 108 Å². The van der Waals surface area contributed by atoms with Gasteiger partial charge in [-0.1, -0.05) is 126 Å². The van der Waals surface area contributed by atoms with E-state index in [1.807, 2.05) is 91.0 Å². The maximum Gasteiger partial charge on any atom is 0.407 e. The topological polar surface area (TPSA) is 84.5 Å². The minimum Gasteiger partial charge on any atom is -0.445 e. The number of methoxy groups -OCH3 is 1. The predicted molar refractivity (Wildman–Crippen MR) is 160 cm³/mol. The zero-order chi connectivity index (χ0) is 29.8. The summed E-state index contributed by atoms with van der Waals surface area (Å²) < 4.78 is 34.4. The highest BCUT2D eigenvalue weighted by atomic mass is 35.6. The van der Waals surface area contributed by atoms with Gasteiger partial charge >= 0.3 is 6.09 Å². The maximum absolute atomic E-state index is 12.8. The molecule has 3 aromatic carbocycles. The molecule has 1 aliphatic rings. The Morgan fingerprint density at radius 3 is 1.79 bits per heavy atom. The molecule has 0 saturated carbocycles. The van der Waals surface area contributed by atoms with Crippen molar-refractivity contribution in [1.82, 2.24) is 5.32 Å². The number of ether oxygens (including phenoxy) is 6. The lowest BCUT2D eigenvalue weighted by atomic mass is 9.96. The highest BCUT2D eigenvalue weighted by Gasteiger charge is 2.49. The number of alkyl halides is 3. The molecule has 0 spiro atoms. The normalized spacial score (nSPS) is 22.4. The van der Waals surface area contributed by atoms with E-state index in [0.29, 0.717) is 6.61 Å². The van der Waals surface area contributed by atoms with Gasteiger partial charge in [-0.15, -0.1) is 0 Å². The summed E-state index contributed by atoms with van der Waals surface area (Å²) in [5.74, 6) is 0. The Morgan fingerprint density at radius 2 is 1.29 bits per heavy atom. The summed E-state index contributed by atoms with van der Waals surface area (Å²) in [5.41, 5.74) is 2.92. The zero-order valence-electron chi connectivity index (χ0n) is 23.1. The molecule has 3 aromatic rings. The number of hydrogen-bond donors (Lipinski definition) is 1. The van der Waals surface area contributed by atoms with Gasteiger partial charge in [0.05, 0.1) is 26.4 Å². The van der Waals surface area contributed by atoms with Gasteiger partial charge in [-0.05, 0) is 16.7 Å². The lowest BCUT2D eigenvalue weighted by molar-refractivity contribution is -0.284. The molecule has 42 heavy (non-hydrogen) atoms. The molecule has 0 bridgehead atoms. The molecule has 5 atom stereocenters. The van der Waals surface area contributed by atoms with Crippen molar-refractivity contribution in [2.24, 2.45) is 0 Å². The quantitative estimate of drug-likeness (QED) is 0.223. The van der Waals surface area contributed by atoms with Crippen LogP contribution in [-0.2, 0) is 48.2 Å². The molecule has 0 aromatic heterocycles. The number of alkyl carbamates (subject to hydrolysis) is 1. The molecule has 1 heterocycles. The third kappa shape index (κ3) is 10.4. The van der Waals surface area contributed by atoms with Crippen LogP contribution in [0.2, 0.25) is 0 Å². The van der Waals surface area contributed by atoms with Gasteiger partial charge < -0.3 is 33.7 Å². The number of nitrogens with one attached hydrogen (secondary N) is 1. The monoisotopic (exact) mass is 637 g/mol. The lowest BCUT2D eigenvalue weighted by Crippen LogP contribution is -2.66. The van der Waals surface area contributed by atoms with Gasteiger partial charge in [-0.3, -0.25) is 0 Å². The van der Waals surface area contributed by atoms with Crippen LogP contribution in [0.5, 0.6) is 0 Å². The molecule has 1 saturated heterocycles. The maximum atomic E-state index is 12.8. The Bertz CT molecular complexity index is 1200. The standard InChI is InChI=1S/C31H34Cl3NO7/c1-37-29-26(35-30(36)41-21-31(32,33)34)28(40-19-24-15-9-4-10-16-24)27(39-18-23-13-7-3-8-14-23)25(42-29)20-38-17-22-11-5-2-6-12-22/h2-16,25-29H,17-21H2,1H3,(H,35,36)/t25-,26-,27-,28-,29+/m1/s1. The molecule has 1 amide bonds. The van der Waals surface area contributed by atoms with Gasteiger partial charge in [0.1, 0.15) is 31.0 Å². The first kappa shape index (κ1) is 32.5.